The first-order chi connectivity index (χ1) is 21.0. The normalized spacial score (nSPS) is 22.0. The molecule has 0 saturated heterocycles. The Bertz CT molecular complexity index is 1670. The van der Waals surface area contributed by atoms with Crippen LogP contribution in [0.2, 0.25) is 10.0 Å². The van der Waals surface area contributed by atoms with Crippen LogP contribution in [-0.2, 0) is 32.9 Å². The molecular weight excluding hydrogens is 631 g/mol. The second-order valence-electron chi connectivity index (χ2n) is 11.0. The lowest BCUT2D eigenvalue weighted by molar-refractivity contribution is -0.627. The number of nitrogens with zero attached hydrogens (tertiary/aromatic N) is 2. The molecule has 1 saturated carbocycles. The highest BCUT2D eigenvalue weighted by molar-refractivity contribution is 7.88. The number of carbonyl (C=O) groups is 2. The number of nitrogens with one attached hydrogen (secondary N) is 2. The van der Waals surface area contributed by atoms with Gasteiger partial charge < -0.3 is 15.2 Å². The first-order valence-electron chi connectivity index (χ1n) is 14.1. The topological polar surface area (TPSA) is 152 Å². The lowest BCUT2D eigenvalue weighted by Gasteiger charge is -2.49. The van der Waals surface area contributed by atoms with Gasteiger partial charge in [-0.2, -0.15) is 4.73 Å². The number of sulfonamides is 1. The number of rotatable bonds is 9. The maximum Gasteiger partial charge on any atom is 0.255 e. The molecule has 11 nitrogen and oxygen atoms in total. The molecule has 2 amide bonds. The second kappa shape index (κ2) is 13.4. The van der Waals surface area contributed by atoms with Gasteiger partial charge in [-0.1, -0.05) is 60.3 Å². The van der Waals surface area contributed by atoms with Crippen molar-refractivity contribution < 1.29 is 32.7 Å². The van der Waals surface area contributed by atoms with Crippen molar-refractivity contribution in [2.75, 3.05) is 6.26 Å². The smallest absolute Gasteiger partial charge is 0.255 e. The quantitative estimate of drug-likeness (QED) is 0.180. The van der Waals surface area contributed by atoms with Gasteiger partial charge in [-0.3, -0.25) is 14.4 Å². The van der Waals surface area contributed by atoms with E-state index < -0.39 is 46.6 Å². The van der Waals surface area contributed by atoms with Crippen molar-refractivity contribution >= 4 is 45.0 Å². The van der Waals surface area contributed by atoms with Gasteiger partial charge in [0.25, 0.3) is 11.8 Å². The molecule has 5 rings (SSSR count). The van der Waals surface area contributed by atoms with Gasteiger partial charge in [0.05, 0.1) is 18.2 Å². The van der Waals surface area contributed by atoms with E-state index in [1.807, 2.05) is 0 Å². The lowest BCUT2D eigenvalue weighted by Crippen LogP contribution is -2.59. The van der Waals surface area contributed by atoms with Crippen molar-refractivity contribution in [2.45, 2.75) is 62.9 Å². The molecule has 44 heavy (non-hydrogen) atoms. The minimum Gasteiger partial charge on any atom is -0.618 e. The maximum atomic E-state index is 14.3. The highest BCUT2D eigenvalue weighted by Crippen LogP contribution is 2.47. The fraction of sp³-hybridized carbons (Fsp3) is 0.367. The number of halogens is 2. The van der Waals surface area contributed by atoms with Gasteiger partial charge >= 0.3 is 0 Å². The molecule has 2 heterocycles. The molecule has 3 N–H and O–H groups in total. The Labute approximate surface area is 265 Å². The first kappa shape index (κ1) is 32.1. The number of carbonyl (C=O) groups excluding carboxylic acids is 2. The van der Waals surface area contributed by atoms with Crippen molar-refractivity contribution in [2.24, 2.45) is 0 Å². The summed E-state index contributed by atoms with van der Waals surface area (Å²) in [5.74, 6) is -2.00. The van der Waals surface area contributed by atoms with Gasteiger partial charge in [-0.15, -0.1) is 0 Å². The van der Waals surface area contributed by atoms with Gasteiger partial charge in [0.15, 0.2) is 6.61 Å². The van der Waals surface area contributed by atoms with Crippen molar-refractivity contribution in [3.8, 4) is 0 Å². The molecule has 14 heteroatoms. The van der Waals surface area contributed by atoms with Crippen LogP contribution >= 0.6 is 23.2 Å². The average molecular weight is 664 g/mol. The van der Waals surface area contributed by atoms with Crippen molar-refractivity contribution in [1.82, 2.24) is 15.1 Å². The van der Waals surface area contributed by atoms with Crippen molar-refractivity contribution in [3.05, 3.63) is 104 Å². The summed E-state index contributed by atoms with van der Waals surface area (Å²) in [4.78, 5) is 35.5. The summed E-state index contributed by atoms with van der Waals surface area (Å²) < 4.78 is 27.9. The number of hydroxylamine groups is 1. The monoisotopic (exact) mass is 662 g/mol. The van der Waals surface area contributed by atoms with Crippen LogP contribution in [0.5, 0.6) is 0 Å². The Morgan fingerprint density at radius 3 is 2.52 bits per heavy atom. The third-order valence-electron chi connectivity index (χ3n) is 8.05. The van der Waals surface area contributed by atoms with E-state index in [2.05, 4.69) is 10.2 Å². The van der Waals surface area contributed by atoms with Crippen LogP contribution in [0.4, 0.5) is 0 Å². The van der Waals surface area contributed by atoms with Crippen LogP contribution in [-0.4, -0.2) is 48.6 Å². The molecule has 0 spiro atoms. The molecule has 2 aliphatic rings. The predicted octanol–water partition coefficient (Wildman–Crippen LogP) is 3.51. The molecule has 2 aromatic carbocycles. The number of amides is 2. The second-order valence-corrected chi connectivity index (χ2v) is 13.6. The molecular formula is C30H32Cl2N4O7S. The predicted molar refractivity (Wildman–Crippen MR) is 163 cm³/mol. The number of pyridine rings is 1. The summed E-state index contributed by atoms with van der Waals surface area (Å²) in [5.41, 5.74) is 3.92. The highest BCUT2D eigenvalue weighted by atomic mass is 35.5. The molecule has 0 radical (unpaired) electrons. The molecule has 234 valence electrons. The molecule has 4 atom stereocenters. The molecule has 1 aliphatic carbocycles. The number of aromatic nitrogens is 1. The average Bonchev–Trinajstić information content (AvgIpc) is 2.98. The number of aliphatic hydroxyl groups excluding tert-OH is 1. The third kappa shape index (κ3) is 6.70. The summed E-state index contributed by atoms with van der Waals surface area (Å²) >= 11 is 13.0. The third-order valence-corrected chi connectivity index (χ3v) is 9.34. The van der Waals surface area contributed by atoms with E-state index in [4.69, 9.17) is 28.0 Å². The number of aliphatic hydroxyl groups is 1. The van der Waals surface area contributed by atoms with Crippen LogP contribution < -0.4 is 14.9 Å². The molecule has 3 aromatic rings. The van der Waals surface area contributed by atoms with E-state index in [0.29, 0.717) is 39.3 Å². The van der Waals surface area contributed by atoms with Crippen LogP contribution in [0.3, 0.4) is 0 Å². The largest absolute Gasteiger partial charge is 0.618 e. The standard InChI is InChI=1S/C30H32Cl2N4O7S/c1-44(41,42)34-25-11-4-5-12-26(25)35-28(23-14-13-18(31)15-24(23)32)27(21-9-2-3-10-22(21)30(35)39)29(38)33-43-17-20-8-6-7-19(16-37)36(20)40/h2-3,6-10,13-15,25-28,34,37H,4-5,11-12,16-17H2,1H3,(H,33,38)/t25-,26-,27+,28-/m0/s1. The van der Waals surface area contributed by atoms with Crippen LogP contribution in [0.25, 0.3) is 0 Å². The molecule has 0 bridgehead atoms. The summed E-state index contributed by atoms with van der Waals surface area (Å²) in [5, 5.41) is 22.5. The first-order valence-corrected chi connectivity index (χ1v) is 16.7. The number of benzene rings is 2. The fourth-order valence-corrected chi connectivity index (χ4v) is 7.53. The Morgan fingerprint density at radius 1 is 1.07 bits per heavy atom. The number of hydrogen-bond donors (Lipinski definition) is 3. The van der Waals surface area contributed by atoms with Gasteiger partial charge in [0.1, 0.15) is 6.61 Å². The van der Waals surface area contributed by atoms with E-state index in [9.17, 15) is 28.3 Å². The summed E-state index contributed by atoms with van der Waals surface area (Å²) in [7, 11) is -3.62. The van der Waals surface area contributed by atoms with E-state index in [-0.39, 0.29) is 28.9 Å². The number of hydrogen-bond acceptors (Lipinski definition) is 7. The van der Waals surface area contributed by atoms with Crippen LogP contribution in [0.15, 0.2) is 60.7 Å². The lowest BCUT2D eigenvalue weighted by atomic mass is 9.76. The fourth-order valence-electron chi connectivity index (χ4n) is 6.19. The SMILES string of the molecule is CS(=O)(=O)N[C@H]1CCCC[C@@H]1N1C(=O)c2ccccc2[C@@H](C(=O)NOCc2cccc(CO)[n+]2[O-])[C@@H]1c1ccc(Cl)cc1Cl. The summed E-state index contributed by atoms with van der Waals surface area (Å²) in [6.45, 7) is -0.762. The zero-order valence-corrected chi connectivity index (χ0v) is 26.1. The molecule has 0 unspecified atom stereocenters. The zero-order chi connectivity index (χ0) is 31.6. The highest BCUT2D eigenvalue weighted by Gasteiger charge is 2.49. The van der Waals surface area contributed by atoms with E-state index in [0.717, 1.165) is 19.1 Å². The summed E-state index contributed by atoms with van der Waals surface area (Å²) in [6.07, 6.45) is 3.60. The van der Waals surface area contributed by atoms with E-state index in [1.54, 1.807) is 47.4 Å². The van der Waals surface area contributed by atoms with Gasteiger partial charge in [0, 0.05) is 39.8 Å². The minimum atomic E-state index is -3.62. The van der Waals surface area contributed by atoms with E-state index in [1.165, 1.54) is 18.2 Å². The van der Waals surface area contributed by atoms with Crippen LogP contribution in [0.1, 0.15) is 70.5 Å². The summed E-state index contributed by atoms with van der Waals surface area (Å²) in [6, 6.07) is 14.0. The van der Waals surface area contributed by atoms with E-state index >= 15 is 0 Å². The Hall–Kier alpha value is -3.26. The molecule has 1 fully saturated rings. The molecule has 1 aliphatic heterocycles. The maximum absolute atomic E-state index is 14.3. The van der Waals surface area contributed by atoms with Crippen molar-refractivity contribution in [3.63, 3.8) is 0 Å². The van der Waals surface area contributed by atoms with Gasteiger partial charge in [-0.05, 0) is 48.2 Å². The molecule has 1 aromatic heterocycles. The number of fused-ring (bicyclic) bond motifs is 1. The van der Waals surface area contributed by atoms with Crippen LogP contribution in [0, 0.1) is 5.21 Å². The van der Waals surface area contributed by atoms with Gasteiger partial charge in [0.2, 0.25) is 21.4 Å². The Balaban J connectivity index is 1.58. The zero-order valence-electron chi connectivity index (χ0n) is 23.8. The minimum absolute atomic E-state index is 0.120. The van der Waals surface area contributed by atoms with Gasteiger partial charge in [-0.25, -0.2) is 18.6 Å². The van der Waals surface area contributed by atoms with Crippen molar-refractivity contribution in [1.29, 1.82) is 0 Å². The Kier molecular flexibility index (Phi) is 9.78. The Morgan fingerprint density at radius 2 is 1.80 bits per heavy atom.